The van der Waals surface area contributed by atoms with E-state index in [1.807, 2.05) is 42.3 Å². The molecule has 1 aromatic rings. The zero-order valence-corrected chi connectivity index (χ0v) is 11.6. The summed E-state index contributed by atoms with van der Waals surface area (Å²) in [5, 5.41) is 0. The summed E-state index contributed by atoms with van der Waals surface area (Å²) in [5.41, 5.74) is 3.22. The number of rotatable bonds is 1. The Balaban J connectivity index is 0.00000112. The van der Waals surface area contributed by atoms with Crippen molar-refractivity contribution < 1.29 is 32.7 Å². The van der Waals surface area contributed by atoms with Crippen LogP contribution in [0.5, 0.6) is 0 Å². The van der Waals surface area contributed by atoms with Gasteiger partial charge in [-0.1, -0.05) is 36.0 Å². The van der Waals surface area contributed by atoms with Crippen LogP contribution in [0.2, 0.25) is 0 Å². The summed E-state index contributed by atoms with van der Waals surface area (Å²) >= 11 is 0. The number of nitrogens with zero attached hydrogens (tertiary/aromatic N) is 1. The molecule has 0 aromatic heterocycles. The Morgan fingerprint density at radius 2 is 1.87 bits per heavy atom. The molecular formula is C13H12NY-. The molecule has 73 valence electrons. The minimum absolute atomic E-state index is 0. The Morgan fingerprint density at radius 3 is 2.53 bits per heavy atom. The maximum atomic E-state index is 3.95. The molecule has 1 aliphatic heterocycles. The molecule has 0 amide bonds. The molecule has 1 aliphatic rings. The first-order valence-electron chi connectivity index (χ1n) is 4.57. The first-order valence-corrected chi connectivity index (χ1v) is 4.57. The van der Waals surface area contributed by atoms with E-state index in [-0.39, 0.29) is 32.7 Å². The van der Waals surface area contributed by atoms with Gasteiger partial charge in [0.1, 0.15) is 0 Å². The Hall–Kier alpha value is -0.656. The largest absolute Gasteiger partial charge is 0.379 e. The Morgan fingerprint density at radius 1 is 1.20 bits per heavy atom. The standard InChI is InChI=1S/C13H12N.Y/c1-11-7-6-10-13(14(11)2)12-8-4-3-5-9-12;/h3-9H,1H2,2H3;/q-1;. The van der Waals surface area contributed by atoms with E-state index in [9.17, 15) is 0 Å². The zero-order chi connectivity index (χ0) is 9.97. The van der Waals surface area contributed by atoms with Gasteiger partial charge in [-0.25, -0.2) is 0 Å². The number of benzene rings is 1. The molecule has 0 saturated carbocycles. The van der Waals surface area contributed by atoms with Crippen molar-refractivity contribution in [2.24, 2.45) is 0 Å². The van der Waals surface area contributed by atoms with Gasteiger partial charge in [0.25, 0.3) is 0 Å². The van der Waals surface area contributed by atoms with Crippen LogP contribution in [0, 0.1) is 6.08 Å². The van der Waals surface area contributed by atoms with Crippen LogP contribution in [0.4, 0.5) is 0 Å². The van der Waals surface area contributed by atoms with Gasteiger partial charge in [0, 0.05) is 39.8 Å². The van der Waals surface area contributed by atoms with Gasteiger partial charge >= 0.3 is 0 Å². The van der Waals surface area contributed by atoms with E-state index in [4.69, 9.17) is 0 Å². The molecule has 0 fully saturated rings. The van der Waals surface area contributed by atoms with Gasteiger partial charge in [-0.15, -0.1) is 18.2 Å². The van der Waals surface area contributed by atoms with Gasteiger partial charge in [-0.05, 0) is 5.70 Å². The van der Waals surface area contributed by atoms with Crippen LogP contribution >= 0.6 is 0 Å². The summed E-state index contributed by atoms with van der Waals surface area (Å²) < 4.78 is 0. The summed E-state index contributed by atoms with van der Waals surface area (Å²) in [4.78, 5) is 2.04. The summed E-state index contributed by atoms with van der Waals surface area (Å²) in [6.45, 7) is 3.95. The molecule has 2 heteroatoms. The molecule has 0 N–H and O–H groups in total. The topological polar surface area (TPSA) is 3.24 Å². The molecule has 0 saturated heterocycles. The summed E-state index contributed by atoms with van der Waals surface area (Å²) in [6.07, 6.45) is 7.08. The summed E-state index contributed by atoms with van der Waals surface area (Å²) in [5.74, 6) is 0. The van der Waals surface area contributed by atoms with E-state index in [1.165, 1.54) is 5.56 Å². The third-order valence-electron chi connectivity index (χ3n) is 2.31. The molecule has 2 rings (SSSR count). The fourth-order valence-corrected chi connectivity index (χ4v) is 1.44. The van der Waals surface area contributed by atoms with Crippen molar-refractivity contribution in [3.8, 4) is 0 Å². The van der Waals surface area contributed by atoms with Crippen LogP contribution in [-0.2, 0) is 32.7 Å². The first kappa shape index (κ1) is 12.4. The third kappa shape index (κ3) is 2.67. The van der Waals surface area contributed by atoms with Crippen LogP contribution in [0.1, 0.15) is 5.56 Å². The quantitative estimate of drug-likeness (QED) is 0.710. The van der Waals surface area contributed by atoms with Crippen molar-refractivity contribution in [3.05, 3.63) is 66.4 Å². The molecule has 15 heavy (non-hydrogen) atoms. The van der Waals surface area contributed by atoms with E-state index in [0.717, 1.165) is 11.4 Å². The number of hydrogen-bond acceptors (Lipinski definition) is 1. The van der Waals surface area contributed by atoms with Crippen LogP contribution in [0.15, 0.2) is 54.8 Å². The predicted octanol–water partition coefficient (Wildman–Crippen LogP) is 2.84. The number of hydrogen-bond donors (Lipinski definition) is 0. The number of likely N-dealkylation sites (N-methyl/N-ethyl adjacent to an activating group) is 1. The Bertz CT molecular complexity index is 404. The number of allylic oxidation sites excluding steroid dienone is 3. The average molecular weight is 271 g/mol. The zero-order valence-electron chi connectivity index (χ0n) is 8.77. The molecule has 1 radical (unpaired) electrons. The fourth-order valence-electron chi connectivity index (χ4n) is 1.44. The molecule has 1 heterocycles. The molecule has 0 unspecified atom stereocenters. The molecule has 0 aliphatic carbocycles. The van der Waals surface area contributed by atoms with Crippen LogP contribution in [0.3, 0.4) is 0 Å². The van der Waals surface area contributed by atoms with Crippen molar-refractivity contribution in [2.45, 2.75) is 0 Å². The normalized spacial score (nSPS) is 14.6. The van der Waals surface area contributed by atoms with Crippen LogP contribution < -0.4 is 0 Å². The molecule has 0 spiro atoms. The van der Waals surface area contributed by atoms with Gasteiger partial charge < -0.3 is 4.90 Å². The van der Waals surface area contributed by atoms with E-state index in [1.54, 1.807) is 0 Å². The SMILES string of the molecule is C=C1C=C[C-]=C(c2ccccc2)N1C.[Y]. The smallest absolute Gasteiger partial charge is 0.00844 e. The van der Waals surface area contributed by atoms with Crippen LogP contribution in [-0.4, -0.2) is 11.9 Å². The van der Waals surface area contributed by atoms with Crippen molar-refractivity contribution in [1.29, 1.82) is 0 Å². The molecule has 1 nitrogen and oxygen atoms in total. The van der Waals surface area contributed by atoms with E-state index >= 15 is 0 Å². The fraction of sp³-hybridized carbons (Fsp3) is 0.0769. The minimum atomic E-state index is 0. The first-order chi connectivity index (χ1) is 6.79. The minimum Gasteiger partial charge on any atom is -0.379 e. The maximum absolute atomic E-state index is 3.95. The van der Waals surface area contributed by atoms with Crippen molar-refractivity contribution in [3.63, 3.8) is 0 Å². The summed E-state index contributed by atoms with van der Waals surface area (Å²) in [6, 6.07) is 10.2. The second kappa shape index (κ2) is 5.43. The van der Waals surface area contributed by atoms with Gasteiger partial charge in [0.05, 0.1) is 0 Å². The van der Waals surface area contributed by atoms with Gasteiger partial charge in [0.15, 0.2) is 0 Å². The van der Waals surface area contributed by atoms with Gasteiger partial charge in [0.2, 0.25) is 0 Å². The Labute approximate surface area is 116 Å². The molecule has 1 aromatic carbocycles. The van der Waals surface area contributed by atoms with Gasteiger partial charge in [-0.3, -0.25) is 0 Å². The molecule has 0 bridgehead atoms. The maximum Gasteiger partial charge on any atom is 0.00844 e. The Kier molecular flexibility index (Phi) is 4.50. The molecule has 0 atom stereocenters. The monoisotopic (exact) mass is 271 g/mol. The van der Waals surface area contributed by atoms with E-state index < -0.39 is 0 Å². The van der Waals surface area contributed by atoms with Crippen molar-refractivity contribution in [2.75, 3.05) is 7.05 Å². The average Bonchev–Trinajstić information content (AvgIpc) is 2.23. The third-order valence-corrected chi connectivity index (χ3v) is 2.31. The molecular weight excluding hydrogens is 259 g/mol. The van der Waals surface area contributed by atoms with Gasteiger partial charge in [-0.2, -0.15) is 12.2 Å². The second-order valence-corrected chi connectivity index (χ2v) is 3.24. The predicted molar refractivity (Wildman–Crippen MR) is 59.1 cm³/mol. The summed E-state index contributed by atoms with van der Waals surface area (Å²) in [7, 11) is 2.00. The van der Waals surface area contributed by atoms with E-state index in [0.29, 0.717) is 0 Å². The van der Waals surface area contributed by atoms with Crippen molar-refractivity contribution in [1.82, 2.24) is 4.90 Å². The van der Waals surface area contributed by atoms with Crippen molar-refractivity contribution >= 4 is 5.70 Å². The second-order valence-electron chi connectivity index (χ2n) is 3.24. The van der Waals surface area contributed by atoms with E-state index in [2.05, 4.69) is 24.8 Å². The van der Waals surface area contributed by atoms with Crippen LogP contribution in [0.25, 0.3) is 5.70 Å².